The fourth-order valence-electron chi connectivity index (χ4n) is 5.61. The second-order valence-corrected chi connectivity index (χ2v) is 8.73. The molecule has 27 heavy (non-hydrogen) atoms. The molecule has 2 aromatic heterocycles. The minimum atomic E-state index is 0.188. The van der Waals surface area contributed by atoms with Gasteiger partial charge in [-0.2, -0.15) is 0 Å². The first-order chi connectivity index (χ1) is 13.2. The van der Waals surface area contributed by atoms with Crippen LogP contribution in [0.2, 0.25) is 0 Å². The molecule has 0 radical (unpaired) electrons. The lowest BCUT2D eigenvalue weighted by molar-refractivity contribution is 0.0690. The van der Waals surface area contributed by atoms with Crippen molar-refractivity contribution in [3.8, 4) is 0 Å². The van der Waals surface area contributed by atoms with E-state index in [1.165, 1.54) is 51.4 Å². The second kappa shape index (κ2) is 6.92. The number of aryl methyl sites for hydroxylation is 3. The van der Waals surface area contributed by atoms with Crippen molar-refractivity contribution in [3.05, 3.63) is 23.1 Å². The Morgan fingerprint density at radius 1 is 1.00 bits per heavy atom. The molecule has 5 heteroatoms. The molecule has 1 aliphatic carbocycles. The quantitative estimate of drug-likeness (QED) is 0.798. The number of imidazole rings is 1. The summed E-state index contributed by atoms with van der Waals surface area (Å²) < 4.78 is 2.27. The van der Waals surface area contributed by atoms with Gasteiger partial charge in [0.05, 0.1) is 5.56 Å². The van der Waals surface area contributed by atoms with Gasteiger partial charge in [-0.25, -0.2) is 9.97 Å². The largest absolute Gasteiger partial charge is 0.335 e. The standard InChI is InChI=1S/C22H30N4O/c1-15-14-17(20-21(23-15)26-12-6-2-3-11-19(26)24-20)22(27)25-13-7-10-18(25)16-8-4-5-9-16/h14,16,18H,2-13H2,1H3/t18-/m0/s1. The van der Waals surface area contributed by atoms with Crippen molar-refractivity contribution >= 4 is 17.1 Å². The van der Waals surface area contributed by atoms with Gasteiger partial charge >= 0.3 is 0 Å². The first-order valence-electron chi connectivity index (χ1n) is 10.9. The molecule has 0 bridgehead atoms. The molecule has 2 fully saturated rings. The number of pyridine rings is 1. The Morgan fingerprint density at radius 3 is 2.70 bits per heavy atom. The van der Waals surface area contributed by atoms with Crippen LogP contribution >= 0.6 is 0 Å². The Labute approximate surface area is 161 Å². The third kappa shape index (κ3) is 2.95. The predicted octanol–water partition coefficient (Wildman–Crippen LogP) is 4.26. The van der Waals surface area contributed by atoms with Crippen LogP contribution in [-0.2, 0) is 13.0 Å². The number of fused-ring (bicyclic) bond motifs is 3. The summed E-state index contributed by atoms with van der Waals surface area (Å²) in [4.78, 5) is 25.5. The molecule has 2 aromatic rings. The fraction of sp³-hybridized carbons (Fsp3) is 0.682. The molecule has 1 amide bonds. The van der Waals surface area contributed by atoms with E-state index in [4.69, 9.17) is 9.97 Å². The molecule has 0 aromatic carbocycles. The first-order valence-corrected chi connectivity index (χ1v) is 10.9. The van der Waals surface area contributed by atoms with Gasteiger partial charge in [0.1, 0.15) is 11.3 Å². The van der Waals surface area contributed by atoms with Crippen LogP contribution in [0.25, 0.3) is 11.2 Å². The van der Waals surface area contributed by atoms with E-state index in [2.05, 4.69) is 9.47 Å². The van der Waals surface area contributed by atoms with Crippen molar-refractivity contribution in [3.63, 3.8) is 0 Å². The summed E-state index contributed by atoms with van der Waals surface area (Å²) in [6.07, 6.45) is 12.1. The molecular formula is C22H30N4O. The zero-order chi connectivity index (χ0) is 18.4. The molecule has 0 N–H and O–H groups in total. The topological polar surface area (TPSA) is 51.0 Å². The van der Waals surface area contributed by atoms with Crippen LogP contribution in [0, 0.1) is 12.8 Å². The number of hydrogen-bond donors (Lipinski definition) is 0. The molecule has 5 nitrogen and oxygen atoms in total. The predicted molar refractivity (Wildman–Crippen MR) is 106 cm³/mol. The Hall–Kier alpha value is -1.91. The van der Waals surface area contributed by atoms with E-state index in [-0.39, 0.29) is 5.91 Å². The van der Waals surface area contributed by atoms with Gasteiger partial charge in [-0.3, -0.25) is 4.79 Å². The van der Waals surface area contributed by atoms with E-state index in [0.29, 0.717) is 12.0 Å². The van der Waals surface area contributed by atoms with Crippen LogP contribution in [0.1, 0.15) is 79.7 Å². The van der Waals surface area contributed by atoms with E-state index in [9.17, 15) is 4.79 Å². The van der Waals surface area contributed by atoms with Crippen molar-refractivity contribution in [2.45, 2.75) is 83.7 Å². The number of rotatable bonds is 2. The zero-order valence-electron chi connectivity index (χ0n) is 16.4. The highest BCUT2D eigenvalue weighted by atomic mass is 16.2. The number of nitrogens with zero attached hydrogens (tertiary/aromatic N) is 4. The average molecular weight is 367 g/mol. The molecule has 1 saturated carbocycles. The van der Waals surface area contributed by atoms with E-state index in [0.717, 1.165) is 54.2 Å². The van der Waals surface area contributed by atoms with Crippen LogP contribution in [0.15, 0.2) is 6.07 Å². The van der Waals surface area contributed by atoms with Gasteiger partial charge in [-0.05, 0) is 57.4 Å². The maximum absolute atomic E-state index is 13.6. The lowest BCUT2D eigenvalue weighted by atomic mass is 9.95. The van der Waals surface area contributed by atoms with Crippen molar-refractivity contribution in [2.75, 3.05) is 6.54 Å². The lowest BCUT2D eigenvalue weighted by Gasteiger charge is -2.29. The minimum Gasteiger partial charge on any atom is -0.335 e. The maximum Gasteiger partial charge on any atom is 0.256 e. The van der Waals surface area contributed by atoms with Crippen LogP contribution < -0.4 is 0 Å². The van der Waals surface area contributed by atoms with Crippen LogP contribution in [0.5, 0.6) is 0 Å². The van der Waals surface area contributed by atoms with Crippen LogP contribution in [0.3, 0.4) is 0 Å². The average Bonchev–Trinajstić information content (AvgIpc) is 3.37. The zero-order valence-corrected chi connectivity index (χ0v) is 16.4. The van der Waals surface area contributed by atoms with E-state index in [1.54, 1.807) is 0 Å². The van der Waals surface area contributed by atoms with Gasteiger partial charge in [-0.15, -0.1) is 0 Å². The van der Waals surface area contributed by atoms with E-state index < -0.39 is 0 Å². The highest BCUT2D eigenvalue weighted by Crippen LogP contribution is 2.36. The summed E-state index contributed by atoms with van der Waals surface area (Å²) in [5.74, 6) is 2.00. The molecule has 1 atom stereocenters. The Kier molecular flexibility index (Phi) is 4.41. The molecule has 5 rings (SSSR count). The summed E-state index contributed by atoms with van der Waals surface area (Å²) in [5.41, 5.74) is 3.46. The summed E-state index contributed by atoms with van der Waals surface area (Å²) in [6.45, 7) is 3.88. The third-order valence-electron chi connectivity index (χ3n) is 6.93. The molecule has 0 unspecified atom stereocenters. The normalized spacial score (nSPS) is 23.7. The number of carbonyl (C=O) groups is 1. The Morgan fingerprint density at radius 2 is 1.85 bits per heavy atom. The van der Waals surface area contributed by atoms with Gasteiger partial charge in [0.2, 0.25) is 0 Å². The number of likely N-dealkylation sites (tertiary alicyclic amines) is 1. The Bertz CT molecular complexity index is 865. The van der Waals surface area contributed by atoms with E-state index in [1.807, 2.05) is 13.0 Å². The molecular weight excluding hydrogens is 336 g/mol. The SMILES string of the molecule is Cc1cc(C(=O)N2CCC[C@H]2C2CCCC2)c2nc3n(c2n1)CCCCC3. The van der Waals surface area contributed by atoms with Crippen molar-refractivity contribution in [2.24, 2.45) is 5.92 Å². The third-order valence-corrected chi connectivity index (χ3v) is 6.93. The molecule has 4 heterocycles. The van der Waals surface area contributed by atoms with Gasteiger partial charge in [-0.1, -0.05) is 19.3 Å². The van der Waals surface area contributed by atoms with Gasteiger partial charge < -0.3 is 9.47 Å². The highest BCUT2D eigenvalue weighted by Gasteiger charge is 2.37. The number of amides is 1. The van der Waals surface area contributed by atoms with Crippen molar-refractivity contribution in [1.29, 1.82) is 0 Å². The molecule has 1 saturated heterocycles. The Balaban J connectivity index is 1.55. The summed E-state index contributed by atoms with van der Waals surface area (Å²) in [6, 6.07) is 2.41. The maximum atomic E-state index is 13.6. The molecule has 2 aliphatic heterocycles. The van der Waals surface area contributed by atoms with Crippen molar-refractivity contribution < 1.29 is 4.79 Å². The number of carbonyl (C=O) groups excluding carboxylic acids is 1. The van der Waals surface area contributed by atoms with Crippen LogP contribution in [0.4, 0.5) is 0 Å². The molecule has 3 aliphatic rings. The number of hydrogen-bond acceptors (Lipinski definition) is 3. The van der Waals surface area contributed by atoms with Crippen molar-refractivity contribution in [1.82, 2.24) is 19.4 Å². The molecule has 0 spiro atoms. The summed E-state index contributed by atoms with van der Waals surface area (Å²) in [5, 5.41) is 0. The fourth-order valence-corrected chi connectivity index (χ4v) is 5.61. The first kappa shape index (κ1) is 17.2. The van der Waals surface area contributed by atoms with Gasteiger partial charge in [0.25, 0.3) is 5.91 Å². The number of aromatic nitrogens is 3. The second-order valence-electron chi connectivity index (χ2n) is 8.73. The highest BCUT2D eigenvalue weighted by molar-refractivity contribution is 6.04. The minimum absolute atomic E-state index is 0.188. The van der Waals surface area contributed by atoms with E-state index >= 15 is 0 Å². The summed E-state index contributed by atoms with van der Waals surface area (Å²) in [7, 11) is 0. The monoisotopic (exact) mass is 366 g/mol. The van der Waals surface area contributed by atoms with Gasteiger partial charge in [0, 0.05) is 31.2 Å². The van der Waals surface area contributed by atoms with Crippen LogP contribution in [-0.4, -0.2) is 37.9 Å². The lowest BCUT2D eigenvalue weighted by Crippen LogP contribution is -2.39. The smallest absolute Gasteiger partial charge is 0.256 e. The molecule has 144 valence electrons. The summed E-state index contributed by atoms with van der Waals surface area (Å²) >= 11 is 0. The van der Waals surface area contributed by atoms with Gasteiger partial charge in [0.15, 0.2) is 5.65 Å².